The first kappa shape index (κ1) is 28.7. The summed E-state index contributed by atoms with van der Waals surface area (Å²) in [4.78, 5) is 28.8. The molecule has 0 aliphatic heterocycles. The maximum atomic E-state index is 14.4. The molecular formula is C32H31FN8O3. The first-order valence-electron chi connectivity index (χ1n) is 14.3. The van der Waals surface area contributed by atoms with Gasteiger partial charge in [-0.15, -0.1) is 0 Å². The molecule has 1 fully saturated rings. The van der Waals surface area contributed by atoms with Crippen molar-refractivity contribution < 1.29 is 18.7 Å². The Balaban J connectivity index is 1.19. The number of nitrogen functional groups attached to an aromatic ring is 1. The minimum atomic E-state index is -0.487. The molecule has 0 unspecified atom stereocenters. The summed E-state index contributed by atoms with van der Waals surface area (Å²) < 4.78 is 28.0. The zero-order valence-electron chi connectivity index (χ0n) is 24.1. The molecule has 224 valence electrons. The Morgan fingerprint density at radius 1 is 1.05 bits per heavy atom. The average molecular weight is 595 g/mol. The quantitative estimate of drug-likeness (QED) is 0.212. The van der Waals surface area contributed by atoms with Crippen molar-refractivity contribution in [3.8, 4) is 28.5 Å². The topological polar surface area (TPSA) is 143 Å². The van der Waals surface area contributed by atoms with E-state index in [0.29, 0.717) is 45.6 Å². The van der Waals surface area contributed by atoms with Crippen molar-refractivity contribution in [2.75, 3.05) is 5.73 Å². The third kappa shape index (κ3) is 6.33. The van der Waals surface area contributed by atoms with Crippen molar-refractivity contribution >= 4 is 22.8 Å². The fourth-order valence-electron chi connectivity index (χ4n) is 5.33. The number of aryl methyl sites for hydroxylation is 1. The van der Waals surface area contributed by atoms with Crippen LogP contribution in [-0.2, 0) is 11.4 Å². The molecule has 12 heteroatoms. The van der Waals surface area contributed by atoms with E-state index in [-0.39, 0.29) is 24.6 Å². The molecule has 3 N–H and O–H groups in total. The molecule has 1 aliphatic rings. The van der Waals surface area contributed by atoms with Gasteiger partial charge in [0.05, 0.1) is 11.4 Å². The van der Waals surface area contributed by atoms with Crippen LogP contribution in [0.15, 0.2) is 73.8 Å². The minimum Gasteiger partial charge on any atom is -0.489 e. The Morgan fingerprint density at radius 2 is 1.77 bits per heavy atom. The molecule has 1 amide bonds. The van der Waals surface area contributed by atoms with Gasteiger partial charge in [0.15, 0.2) is 5.65 Å². The third-order valence-electron chi connectivity index (χ3n) is 7.54. The van der Waals surface area contributed by atoms with Gasteiger partial charge < -0.3 is 20.5 Å². The summed E-state index contributed by atoms with van der Waals surface area (Å²) >= 11 is 0. The van der Waals surface area contributed by atoms with Crippen molar-refractivity contribution in [3.63, 3.8) is 0 Å². The highest BCUT2D eigenvalue weighted by atomic mass is 19.1. The maximum absolute atomic E-state index is 14.4. The number of nitrogens with zero attached hydrogens (tertiary/aromatic N) is 6. The first-order valence-corrected chi connectivity index (χ1v) is 14.3. The molecule has 0 spiro atoms. The molecule has 0 saturated heterocycles. The Labute approximate surface area is 253 Å². The zero-order chi connectivity index (χ0) is 30.6. The number of hydrogen-bond acceptors (Lipinski definition) is 9. The molecule has 11 nitrogen and oxygen atoms in total. The van der Waals surface area contributed by atoms with Crippen LogP contribution in [-0.4, -0.2) is 41.7 Å². The number of hydrogen-bond donors (Lipinski definition) is 2. The number of amides is 1. The van der Waals surface area contributed by atoms with Gasteiger partial charge in [-0.25, -0.2) is 29.0 Å². The van der Waals surface area contributed by atoms with Gasteiger partial charge in [-0.05, 0) is 62.9 Å². The standard InChI is InChI=1S/C32H31FN8O3/c1-3-28(42)39-23-6-8-24(9-7-23)41-32-29(31(34)37-18-38-32)30(40-41)21-4-10-25(11-5-21)44-27-13-22(33)12-26(14-27)43-17-20-15-35-19(2)36-16-20/h3-5,10-16,18,23-24H,1,6-9,17H2,2H3,(H,39,42)(H2,34,37,38)/t23-,24+. The monoisotopic (exact) mass is 594 g/mol. The van der Waals surface area contributed by atoms with E-state index < -0.39 is 5.82 Å². The van der Waals surface area contributed by atoms with Crippen molar-refractivity contribution in [3.05, 3.63) is 91.0 Å². The number of carbonyl (C=O) groups is 1. The summed E-state index contributed by atoms with van der Waals surface area (Å²) in [6.07, 6.45) is 9.37. The number of fused-ring (bicyclic) bond motifs is 1. The van der Waals surface area contributed by atoms with E-state index in [1.807, 2.05) is 16.8 Å². The Hall–Kier alpha value is -5.39. The molecular weight excluding hydrogens is 563 g/mol. The largest absolute Gasteiger partial charge is 0.489 e. The van der Waals surface area contributed by atoms with E-state index in [9.17, 15) is 9.18 Å². The van der Waals surface area contributed by atoms with Crippen LogP contribution in [0.4, 0.5) is 10.2 Å². The van der Waals surface area contributed by atoms with Gasteiger partial charge >= 0.3 is 0 Å². The predicted octanol–water partition coefficient (Wildman–Crippen LogP) is 5.47. The molecule has 1 aliphatic carbocycles. The molecule has 6 rings (SSSR count). The summed E-state index contributed by atoms with van der Waals surface area (Å²) in [5, 5.41) is 8.61. The second-order valence-corrected chi connectivity index (χ2v) is 10.6. The van der Waals surface area contributed by atoms with Gasteiger partial charge in [0.2, 0.25) is 5.91 Å². The lowest BCUT2D eigenvalue weighted by Gasteiger charge is -2.29. The summed E-state index contributed by atoms with van der Waals surface area (Å²) in [6, 6.07) is 11.7. The fraction of sp³-hybridized carbons (Fsp3) is 0.250. The Kier molecular flexibility index (Phi) is 8.13. The lowest BCUT2D eigenvalue weighted by Crippen LogP contribution is -2.37. The molecule has 1 saturated carbocycles. The lowest BCUT2D eigenvalue weighted by molar-refractivity contribution is -0.117. The molecule has 3 heterocycles. The average Bonchev–Trinajstić information content (AvgIpc) is 3.42. The maximum Gasteiger partial charge on any atom is 0.243 e. The summed E-state index contributed by atoms with van der Waals surface area (Å²) in [6.45, 7) is 5.52. The Morgan fingerprint density at radius 3 is 2.50 bits per heavy atom. The highest BCUT2D eigenvalue weighted by Crippen LogP contribution is 2.37. The number of carbonyl (C=O) groups excluding carboxylic acids is 1. The van der Waals surface area contributed by atoms with E-state index in [1.54, 1.807) is 37.5 Å². The van der Waals surface area contributed by atoms with Gasteiger partial charge in [0.1, 0.15) is 53.3 Å². The van der Waals surface area contributed by atoms with E-state index in [4.69, 9.17) is 20.3 Å². The van der Waals surface area contributed by atoms with Crippen molar-refractivity contribution in [1.82, 2.24) is 35.0 Å². The van der Waals surface area contributed by atoms with Crippen molar-refractivity contribution in [2.24, 2.45) is 0 Å². The van der Waals surface area contributed by atoms with Gasteiger partial charge in [-0.2, -0.15) is 5.10 Å². The number of halogens is 1. The molecule has 2 aromatic carbocycles. The number of nitrogens with two attached hydrogens (primary N) is 1. The van der Waals surface area contributed by atoms with E-state index in [1.165, 1.54) is 24.5 Å². The highest BCUT2D eigenvalue weighted by Gasteiger charge is 2.27. The number of rotatable bonds is 9. The number of anilines is 1. The van der Waals surface area contributed by atoms with Crippen LogP contribution in [0.5, 0.6) is 17.2 Å². The number of nitrogens with one attached hydrogen (secondary N) is 1. The van der Waals surface area contributed by atoms with Crippen LogP contribution >= 0.6 is 0 Å². The van der Waals surface area contributed by atoms with Crippen LogP contribution in [0.25, 0.3) is 22.3 Å². The predicted molar refractivity (Wildman–Crippen MR) is 162 cm³/mol. The second kappa shape index (κ2) is 12.5. The Bertz CT molecular complexity index is 1800. The molecule has 0 radical (unpaired) electrons. The fourth-order valence-corrected chi connectivity index (χ4v) is 5.33. The summed E-state index contributed by atoms with van der Waals surface area (Å²) in [5.41, 5.74) is 9.21. The van der Waals surface area contributed by atoms with Crippen LogP contribution in [0.1, 0.15) is 43.1 Å². The van der Waals surface area contributed by atoms with Crippen LogP contribution in [0.3, 0.4) is 0 Å². The molecule has 3 aromatic heterocycles. The SMILES string of the molecule is C=CC(=O)N[C@H]1CC[C@@H](n2nc(-c3ccc(Oc4cc(F)cc(OCc5cnc(C)nc5)c4)cc3)c3c(N)ncnc32)CC1. The minimum absolute atomic E-state index is 0.1000. The van der Waals surface area contributed by atoms with E-state index in [0.717, 1.165) is 36.8 Å². The highest BCUT2D eigenvalue weighted by molar-refractivity contribution is 5.98. The van der Waals surface area contributed by atoms with E-state index >= 15 is 0 Å². The molecule has 5 aromatic rings. The molecule has 0 bridgehead atoms. The zero-order valence-corrected chi connectivity index (χ0v) is 24.1. The van der Waals surface area contributed by atoms with Gasteiger partial charge in [-0.3, -0.25) is 4.79 Å². The molecule has 44 heavy (non-hydrogen) atoms. The van der Waals surface area contributed by atoms with Crippen LogP contribution in [0, 0.1) is 12.7 Å². The van der Waals surface area contributed by atoms with Gasteiger partial charge in [0.25, 0.3) is 0 Å². The van der Waals surface area contributed by atoms with E-state index in [2.05, 4.69) is 31.8 Å². The van der Waals surface area contributed by atoms with Crippen LogP contribution < -0.4 is 20.5 Å². The normalized spacial score (nSPS) is 16.4. The molecule has 0 atom stereocenters. The second-order valence-electron chi connectivity index (χ2n) is 10.6. The van der Waals surface area contributed by atoms with Gasteiger partial charge in [-0.1, -0.05) is 6.58 Å². The summed E-state index contributed by atoms with van der Waals surface area (Å²) in [5.74, 6) is 1.47. The van der Waals surface area contributed by atoms with Gasteiger partial charge in [0, 0.05) is 47.8 Å². The van der Waals surface area contributed by atoms with Crippen molar-refractivity contribution in [1.29, 1.82) is 0 Å². The number of aromatic nitrogens is 6. The lowest BCUT2D eigenvalue weighted by atomic mass is 9.91. The third-order valence-corrected chi connectivity index (χ3v) is 7.54. The smallest absolute Gasteiger partial charge is 0.243 e. The number of benzene rings is 2. The summed E-state index contributed by atoms with van der Waals surface area (Å²) in [7, 11) is 0. The van der Waals surface area contributed by atoms with Crippen molar-refractivity contribution in [2.45, 2.75) is 51.3 Å². The first-order chi connectivity index (χ1) is 21.4. The number of ether oxygens (including phenoxy) is 2. The van der Waals surface area contributed by atoms with Crippen LogP contribution in [0.2, 0.25) is 0 Å².